The SMILES string of the molecule is CCc1nc(-c2ccc(Br)c3cccnc23)[nH]c(=O)c1I. The van der Waals surface area contributed by atoms with Gasteiger partial charge >= 0.3 is 0 Å². The van der Waals surface area contributed by atoms with Crippen LogP contribution in [0.25, 0.3) is 22.3 Å². The molecule has 6 heteroatoms. The van der Waals surface area contributed by atoms with Crippen LogP contribution in [0.4, 0.5) is 0 Å². The fraction of sp³-hybridized carbons (Fsp3) is 0.133. The monoisotopic (exact) mass is 455 g/mol. The van der Waals surface area contributed by atoms with Gasteiger partial charge in [0.25, 0.3) is 5.56 Å². The summed E-state index contributed by atoms with van der Waals surface area (Å²) >= 11 is 5.56. The highest BCUT2D eigenvalue weighted by Gasteiger charge is 2.13. The van der Waals surface area contributed by atoms with Gasteiger partial charge < -0.3 is 4.98 Å². The molecule has 3 rings (SSSR count). The van der Waals surface area contributed by atoms with Crippen LogP contribution in [-0.2, 0) is 6.42 Å². The number of H-pyrrole nitrogens is 1. The number of halogens is 2. The molecule has 2 heterocycles. The van der Waals surface area contributed by atoms with Gasteiger partial charge in [-0.25, -0.2) is 4.98 Å². The molecule has 0 atom stereocenters. The number of hydrogen-bond acceptors (Lipinski definition) is 3. The molecule has 0 aliphatic heterocycles. The van der Waals surface area contributed by atoms with E-state index in [1.807, 2.05) is 53.8 Å². The van der Waals surface area contributed by atoms with E-state index in [2.05, 4.69) is 30.9 Å². The molecule has 0 amide bonds. The number of aryl methyl sites for hydroxylation is 1. The molecule has 0 radical (unpaired) electrons. The first-order valence-electron chi connectivity index (χ1n) is 6.44. The first-order chi connectivity index (χ1) is 10.1. The van der Waals surface area contributed by atoms with E-state index in [1.165, 1.54) is 0 Å². The number of nitrogens with one attached hydrogen (secondary N) is 1. The lowest BCUT2D eigenvalue weighted by Crippen LogP contribution is -2.16. The topological polar surface area (TPSA) is 58.6 Å². The molecule has 21 heavy (non-hydrogen) atoms. The third-order valence-electron chi connectivity index (χ3n) is 3.24. The van der Waals surface area contributed by atoms with Crippen LogP contribution in [0.15, 0.2) is 39.7 Å². The standard InChI is InChI=1S/C15H11BrIN3O/c1-2-11-12(17)15(21)20-14(19-11)9-5-6-10(16)8-4-3-7-18-13(8)9/h3-7H,2H2,1H3,(H,19,20,21). The highest BCUT2D eigenvalue weighted by Crippen LogP contribution is 2.30. The minimum Gasteiger partial charge on any atom is -0.306 e. The van der Waals surface area contributed by atoms with Crippen molar-refractivity contribution < 1.29 is 0 Å². The zero-order valence-electron chi connectivity index (χ0n) is 11.2. The maximum absolute atomic E-state index is 12.1. The van der Waals surface area contributed by atoms with Crippen LogP contribution < -0.4 is 5.56 Å². The van der Waals surface area contributed by atoms with Gasteiger partial charge in [-0.05, 0) is 47.2 Å². The normalized spacial score (nSPS) is 11.0. The van der Waals surface area contributed by atoms with E-state index < -0.39 is 0 Å². The first kappa shape index (κ1) is 14.6. The lowest BCUT2D eigenvalue weighted by Gasteiger charge is -2.08. The van der Waals surface area contributed by atoms with Crippen LogP contribution in [-0.4, -0.2) is 15.0 Å². The summed E-state index contributed by atoms with van der Waals surface area (Å²) in [7, 11) is 0. The van der Waals surface area contributed by atoms with Crippen LogP contribution in [0.5, 0.6) is 0 Å². The average molecular weight is 456 g/mol. The summed E-state index contributed by atoms with van der Waals surface area (Å²) in [6, 6.07) is 7.74. The molecule has 0 spiro atoms. The summed E-state index contributed by atoms with van der Waals surface area (Å²) in [5, 5.41) is 0.995. The van der Waals surface area contributed by atoms with Gasteiger partial charge in [0.05, 0.1) is 14.8 Å². The Hall–Kier alpha value is -1.28. The Morgan fingerprint density at radius 2 is 2.14 bits per heavy atom. The van der Waals surface area contributed by atoms with E-state index in [9.17, 15) is 4.79 Å². The van der Waals surface area contributed by atoms with Crippen molar-refractivity contribution in [3.05, 3.63) is 54.6 Å². The molecule has 106 valence electrons. The third-order valence-corrected chi connectivity index (χ3v) is 5.04. The van der Waals surface area contributed by atoms with E-state index in [0.717, 1.165) is 33.1 Å². The van der Waals surface area contributed by atoms with Gasteiger partial charge in [-0.2, -0.15) is 0 Å². The fourth-order valence-corrected chi connectivity index (χ4v) is 3.29. The molecular weight excluding hydrogens is 445 g/mol. The molecule has 3 aromatic rings. The van der Waals surface area contributed by atoms with Gasteiger partial charge in [-0.3, -0.25) is 9.78 Å². The minimum atomic E-state index is -0.107. The number of aromatic amines is 1. The highest BCUT2D eigenvalue weighted by atomic mass is 127. The van der Waals surface area contributed by atoms with Crippen molar-refractivity contribution in [2.45, 2.75) is 13.3 Å². The van der Waals surface area contributed by atoms with Gasteiger partial charge in [0.2, 0.25) is 0 Å². The van der Waals surface area contributed by atoms with Crippen molar-refractivity contribution in [3.63, 3.8) is 0 Å². The Morgan fingerprint density at radius 3 is 2.90 bits per heavy atom. The molecular formula is C15H11BrIN3O. The second-order valence-electron chi connectivity index (χ2n) is 4.52. The Balaban J connectivity index is 2.34. The van der Waals surface area contributed by atoms with Crippen LogP contribution in [0, 0.1) is 3.57 Å². The van der Waals surface area contributed by atoms with E-state index in [0.29, 0.717) is 9.39 Å². The molecule has 4 nitrogen and oxygen atoms in total. The Labute approximate surface area is 143 Å². The quantitative estimate of drug-likeness (QED) is 0.596. The minimum absolute atomic E-state index is 0.107. The number of nitrogens with zero attached hydrogens (tertiary/aromatic N) is 2. The number of hydrogen-bond donors (Lipinski definition) is 1. The van der Waals surface area contributed by atoms with Crippen LogP contribution >= 0.6 is 38.5 Å². The first-order valence-corrected chi connectivity index (χ1v) is 8.31. The smallest absolute Gasteiger partial charge is 0.264 e. The molecule has 0 aliphatic carbocycles. The summed E-state index contributed by atoms with van der Waals surface area (Å²) in [5.74, 6) is 0.563. The molecule has 0 fully saturated rings. The highest BCUT2D eigenvalue weighted by molar-refractivity contribution is 14.1. The predicted molar refractivity (Wildman–Crippen MR) is 95.4 cm³/mol. The fourth-order valence-electron chi connectivity index (χ4n) is 2.20. The summed E-state index contributed by atoms with van der Waals surface area (Å²) in [6.45, 7) is 1.99. The molecule has 0 bridgehead atoms. The molecule has 2 aromatic heterocycles. The second-order valence-corrected chi connectivity index (χ2v) is 6.46. The van der Waals surface area contributed by atoms with Crippen molar-refractivity contribution in [1.82, 2.24) is 15.0 Å². The van der Waals surface area contributed by atoms with E-state index in [1.54, 1.807) is 6.20 Å². The number of aromatic nitrogens is 3. The zero-order chi connectivity index (χ0) is 15.0. The number of rotatable bonds is 2. The molecule has 0 saturated heterocycles. The molecule has 0 aliphatic rings. The van der Waals surface area contributed by atoms with Gasteiger partial charge in [-0.15, -0.1) is 0 Å². The van der Waals surface area contributed by atoms with Gasteiger partial charge in [0, 0.05) is 21.6 Å². The van der Waals surface area contributed by atoms with Crippen molar-refractivity contribution in [1.29, 1.82) is 0 Å². The van der Waals surface area contributed by atoms with Gasteiger partial charge in [0.1, 0.15) is 5.82 Å². The second kappa shape index (κ2) is 5.84. The Bertz CT molecular complexity index is 892. The lowest BCUT2D eigenvalue weighted by molar-refractivity contribution is 0.969. The van der Waals surface area contributed by atoms with Crippen molar-refractivity contribution in [2.24, 2.45) is 0 Å². The van der Waals surface area contributed by atoms with Crippen LogP contribution in [0.3, 0.4) is 0 Å². The zero-order valence-corrected chi connectivity index (χ0v) is 14.9. The number of benzene rings is 1. The lowest BCUT2D eigenvalue weighted by atomic mass is 10.1. The van der Waals surface area contributed by atoms with Gasteiger partial charge in [0.15, 0.2) is 0 Å². The summed E-state index contributed by atoms with van der Waals surface area (Å²) in [5.41, 5.74) is 2.35. The molecule has 1 N–H and O–H groups in total. The predicted octanol–water partition coefficient (Wildman–Crippen LogP) is 3.91. The Kier molecular flexibility index (Phi) is 4.08. The molecule has 0 saturated carbocycles. The van der Waals surface area contributed by atoms with Crippen LogP contribution in [0.2, 0.25) is 0 Å². The van der Waals surface area contributed by atoms with Crippen molar-refractivity contribution in [3.8, 4) is 11.4 Å². The van der Waals surface area contributed by atoms with Crippen molar-refractivity contribution >= 4 is 49.4 Å². The van der Waals surface area contributed by atoms with Crippen LogP contribution in [0.1, 0.15) is 12.6 Å². The van der Waals surface area contributed by atoms with E-state index in [-0.39, 0.29) is 5.56 Å². The summed E-state index contributed by atoms with van der Waals surface area (Å²) in [4.78, 5) is 23.9. The van der Waals surface area contributed by atoms with E-state index >= 15 is 0 Å². The number of fused-ring (bicyclic) bond motifs is 1. The summed E-state index contributed by atoms with van der Waals surface area (Å²) < 4.78 is 1.62. The summed E-state index contributed by atoms with van der Waals surface area (Å²) in [6.07, 6.45) is 2.46. The largest absolute Gasteiger partial charge is 0.306 e. The average Bonchev–Trinajstić information content (AvgIpc) is 2.51. The maximum atomic E-state index is 12.1. The third kappa shape index (κ3) is 2.62. The van der Waals surface area contributed by atoms with Gasteiger partial charge in [-0.1, -0.05) is 28.9 Å². The number of pyridine rings is 1. The maximum Gasteiger partial charge on any atom is 0.264 e. The van der Waals surface area contributed by atoms with E-state index in [4.69, 9.17) is 0 Å². The Morgan fingerprint density at radius 1 is 1.33 bits per heavy atom. The molecule has 1 aromatic carbocycles. The molecule has 0 unspecified atom stereocenters. The van der Waals surface area contributed by atoms with Crippen molar-refractivity contribution in [2.75, 3.05) is 0 Å².